The molecule has 0 bridgehead atoms. The summed E-state index contributed by atoms with van der Waals surface area (Å²) in [7, 11) is 0. The van der Waals surface area contributed by atoms with Crippen molar-refractivity contribution in [2.24, 2.45) is 0 Å². The average Bonchev–Trinajstić information content (AvgIpc) is 2.70. The number of rotatable bonds is 3. The SMILES string of the molecule is C1CCC(N2CN(C3CCCCC3)C[NH+](C3CCCCC3)C2)CC1.[Br-]. The van der Waals surface area contributed by atoms with Gasteiger partial charge in [-0.25, -0.2) is 9.80 Å². The van der Waals surface area contributed by atoms with Gasteiger partial charge in [0.1, 0.15) is 13.3 Å². The van der Waals surface area contributed by atoms with Crippen LogP contribution in [-0.2, 0) is 0 Å². The summed E-state index contributed by atoms with van der Waals surface area (Å²) in [6.45, 7) is 3.97. The number of hydrogen-bond acceptors (Lipinski definition) is 2. The molecule has 1 aliphatic heterocycles. The minimum atomic E-state index is 0. The van der Waals surface area contributed by atoms with Crippen molar-refractivity contribution < 1.29 is 21.9 Å². The zero-order chi connectivity index (χ0) is 16.2. The van der Waals surface area contributed by atoms with Crippen molar-refractivity contribution in [1.82, 2.24) is 9.80 Å². The zero-order valence-electron chi connectivity index (χ0n) is 16.2. The van der Waals surface area contributed by atoms with E-state index >= 15 is 0 Å². The molecule has 4 aliphatic rings. The zero-order valence-corrected chi connectivity index (χ0v) is 17.8. The predicted octanol–water partition coefficient (Wildman–Crippen LogP) is 0.364. The smallest absolute Gasteiger partial charge is 0.136 e. The Bertz CT molecular complexity index is 310. The van der Waals surface area contributed by atoms with Crippen LogP contribution in [0.3, 0.4) is 0 Å². The third kappa shape index (κ3) is 5.21. The van der Waals surface area contributed by atoms with Crippen LogP contribution in [0.1, 0.15) is 96.3 Å². The van der Waals surface area contributed by atoms with E-state index < -0.39 is 0 Å². The predicted molar refractivity (Wildman–Crippen MR) is 99.9 cm³/mol. The van der Waals surface area contributed by atoms with E-state index in [2.05, 4.69) is 9.80 Å². The second-order valence-electron chi connectivity index (χ2n) is 9.21. The van der Waals surface area contributed by atoms with E-state index in [-0.39, 0.29) is 17.0 Å². The maximum Gasteiger partial charge on any atom is 0.136 e. The molecule has 1 heterocycles. The first-order valence-corrected chi connectivity index (χ1v) is 11.2. The molecule has 4 heteroatoms. The summed E-state index contributed by atoms with van der Waals surface area (Å²) in [4.78, 5) is 7.76. The van der Waals surface area contributed by atoms with E-state index in [1.54, 1.807) is 0 Å². The van der Waals surface area contributed by atoms with Crippen LogP contribution in [0, 0.1) is 0 Å². The van der Waals surface area contributed by atoms with E-state index in [0.717, 1.165) is 18.1 Å². The standard InChI is InChI=1S/C21H39N3.BrH/c1-4-10-19(11-5-1)22-16-23(20-12-6-2-7-13-20)18-24(17-22)21-14-8-3-9-15-21;/h19-21H,1-18H2;1H. The first-order chi connectivity index (χ1) is 11.9. The summed E-state index contributed by atoms with van der Waals surface area (Å²) in [6.07, 6.45) is 22.2. The highest BCUT2D eigenvalue weighted by Crippen LogP contribution is 2.27. The third-order valence-electron chi connectivity index (χ3n) is 7.54. The van der Waals surface area contributed by atoms with Crippen molar-refractivity contribution in [2.75, 3.05) is 20.0 Å². The summed E-state index contributed by atoms with van der Waals surface area (Å²) < 4.78 is 0. The second-order valence-corrected chi connectivity index (χ2v) is 9.21. The third-order valence-corrected chi connectivity index (χ3v) is 7.54. The minimum absolute atomic E-state index is 0. The fourth-order valence-corrected chi connectivity index (χ4v) is 6.06. The van der Waals surface area contributed by atoms with Crippen molar-refractivity contribution in [1.29, 1.82) is 0 Å². The van der Waals surface area contributed by atoms with Crippen LogP contribution >= 0.6 is 0 Å². The van der Waals surface area contributed by atoms with Crippen LogP contribution in [0.15, 0.2) is 0 Å². The number of nitrogens with one attached hydrogen (secondary N) is 1. The van der Waals surface area contributed by atoms with Crippen molar-refractivity contribution >= 4 is 0 Å². The van der Waals surface area contributed by atoms with Crippen LogP contribution in [0.4, 0.5) is 0 Å². The number of halogens is 1. The molecule has 3 nitrogen and oxygen atoms in total. The Morgan fingerprint density at radius 2 is 0.920 bits per heavy atom. The van der Waals surface area contributed by atoms with Crippen molar-refractivity contribution in [3.63, 3.8) is 0 Å². The minimum Gasteiger partial charge on any atom is -1.00 e. The van der Waals surface area contributed by atoms with Crippen LogP contribution in [0.5, 0.6) is 0 Å². The molecule has 0 unspecified atom stereocenters. The maximum atomic E-state index is 2.92. The molecular weight excluding hydrogens is 374 g/mol. The monoisotopic (exact) mass is 413 g/mol. The molecule has 25 heavy (non-hydrogen) atoms. The first-order valence-electron chi connectivity index (χ1n) is 11.2. The highest BCUT2D eigenvalue weighted by Gasteiger charge is 2.38. The molecule has 3 saturated carbocycles. The van der Waals surface area contributed by atoms with Gasteiger partial charge in [0.05, 0.1) is 12.7 Å². The van der Waals surface area contributed by atoms with Gasteiger partial charge in [0.15, 0.2) is 0 Å². The normalized spacial score (nSPS) is 30.2. The Labute approximate surface area is 166 Å². The molecule has 4 fully saturated rings. The van der Waals surface area contributed by atoms with E-state index in [4.69, 9.17) is 0 Å². The summed E-state index contributed by atoms with van der Waals surface area (Å²) in [5.74, 6) is 0. The molecule has 1 saturated heterocycles. The molecule has 0 aromatic rings. The van der Waals surface area contributed by atoms with Gasteiger partial charge in [-0.05, 0) is 51.4 Å². The Kier molecular flexibility index (Phi) is 8.09. The van der Waals surface area contributed by atoms with Gasteiger partial charge in [-0.3, -0.25) is 0 Å². The molecule has 3 aliphatic carbocycles. The van der Waals surface area contributed by atoms with Crippen LogP contribution in [-0.4, -0.2) is 47.9 Å². The molecular formula is C21H40BrN3. The molecule has 4 rings (SSSR count). The largest absolute Gasteiger partial charge is 1.00 e. The Hall–Kier alpha value is 0.360. The van der Waals surface area contributed by atoms with Crippen LogP contribution in [0.25, 0.3) is 0 Å². The van der Waals surface area contributed by atoms with Crippen LogP contribution < -0.4 is 21.9 Å². The second kappa shape index (κ2) is 10.1. The lowest BCUT2D eigenvalue weighted by Crippen LogP contribution is -3.20. The Morgan fingerprint density at radius 3 is 1.36 bits per heavy atom. The molecule has 0 atom stereocenters. The summed E-state index contributed by atoms with van der Waals surface area (Å²) in [5.41, 5.74) is 0. The van der Waals surface area contributed by atoms with E-state index in [1.165, 1.54) is 116 Å². The molecule has 0 radical (unpaired) electrons. The maximum absolute atomic E-state index is 2.92. The van der Waals surface area contributed by atoms with Gasteiger partial charge < -0.3 is 21.9 Å². The van der Waals surface area contributed by atoms with Gasteiger partial charge in [0, 0.05) is 12.1 Å². The molecule has 0 amide bonds. The fraction of sp³-hybridized carbons (Fsp3) is 1.00. The summed E-state index contributed by atoms with van der Waals surface area (Å²) >= 11 is 0. The highest BCUT2D eigenvalue weighted by atomic mass is 79.9. The lowest BCUT2D eigenvalue weighted by Gasteiger charge is -2.49. The van der Waals surface area contributed by atoms with Gasteiger partial charge in [-0.2, -0.15) is 0 Å². The van der Waals surface area contributed by atoms with Gasteiger partial charge in [0.2, 0.25) is 0 Å². The number of quaternary nitrogens is 1. The lowest BCUT2D eigenvalue weighted by atomic mass is 9.92. The average molecular weight is 414 g/mol. The van der Waals surface area contributed by atoms with Gasteiger partial charge in [-0.15, -0.1) is 0 Å². The molecule has 1 N–H and O–H groups in total. The van der Waals surface area contributed by atoms with Crippen molar-refractivity contribution in [2.45, 2.75) is 114 Å². The molecule has 0 aromatic heterocycles. The number of hydrogen-bond donors (Lipinski definition) is 1. The first kappa shape index (κ1) is 20.1. The number of nitrogens with zero attached hydrogens (tertiary/aromatic N) is 2. The topological polar surface area (TPSA) is 10.9 Å². The quantitative estimate of drug-likeness (QED) is 0.716. The Balaban J connectivity index is 0.00000182. The highest BCUT2D eigenvalue weighted by molar-refractivity contribution is 4.80. The molecule has 146 valence electrons. The van der Waals surface area contributed by atoms with Crippen LogP contribution in [0.2, 0.25) is 0 Å². The van der Waals surface area contributed by atoms with E-state index in [1.807, 2.05) is 4.90 Å². The van der Waals surface area contributed by atoms with Gasteiger partial charge in [0.25, 0.3) is 0 Å². The van der Waals surface area contributed by atoms with Gasteiger partial charge in [-0.1, -0.05) is 44.9 Å². The van der Waals surface area contributed by atoms with E-state index in [0.29, 0.717) is 0 Å². The summed E-state index contributed by atoms with van der Waals surface area (Å²) in [5, 5.41) is 0. The van der Waals surface area contributed by atoms with Crippen molar-refractivity contribution in [3.8, 4) is 0 Å². The van der Waals surface area contributed by atoms with E-state index in [9.17, 15) is 0 Å². The fourth-order valence-electron chi connectivity index (χ4n) is 6.06. The molecule has 0 aromatic carbocycles. The Morgan fingerprint density at radius 1 is 0.520 bits per heavy atom. The molecule has 0 spiro atoms. The van der Waals surface area contributed by atoms with Crippen molar-refractivity contribution in [3.05, 3.63) is 0 Å². The lowest BCUT2D eigenvalue weighted by molar-refractivity contribution is -0.955. The van der Waals surface area contributed by atoms with Gasteiger partial charge >= 0.3 is 0 Å². The summed E-state index contributed by atoms with van der Waals surface area (Å²) in [6, 6.07) is 2.74.